The summed E-state index contributed by atoms with van der Waals surface area (Å²) in [7, 11) is 1.58. The number of ether oxygens (including phenoxy) is 1. The average Bonchev–Trinajstić information content (AvgIpc) is 2.78. The van der Waals surface area contributed by atoms with Gasteiger partial charge in [-0.3, -0.25) is 0 Å². The quantitative estimate of drug-likeness (QED) is 0.922. The van der Waals surface area contributed by atoms with E-state index in [4.69, 9.17) is 9.84 Å². The first-order valence-electron chi connectivity index (χ1n) is 4.69. The van der Waals surface area contributed by atoms with Gasteiger partial charge in [-0.1, -0.05) is 11.8 Å². The van der Waals surface area contributed by atoms with E-state index in [0.29, 0.717) is 10.6 Å². The van der Waals surface area contributed by atoms with E-state index in [2.05, 4.69) is 4.98 Å². The third-order valence-corrected chi connectivity index (χ3v) is 4.00. The molecule has 0 aliphatic rings. The molecule has 6 heteroatoms. The van der Waals surface area contributed by atoms with Crippen molar-refractivity contribution in [2.75, 3.05) is 7.11 Å². The Hall–Kier alpha value is -1.53. The lowest BCUT2D eigenvalue weighted by molar-refractivity contribution is 0.0702. The van der Waals surface area contributed by atoms with Gasteiger partial charge in [0.15, 0.2) is 5.75 Å². The lowest BCUT2D eigenvalue weighted by atomic mass is 10.5. The summed E-state index contributed by atoms with van der Waals surface area (Å²) in [5.41, 5.74) is 0. The maximum absolute atomic E-state index is 10.8. The van der Waals surface area contributed by atoms with Crippen LogP contribution in [0.1, 0.15) is 9.67 Å². The van der Waals surface area contributed by atoms with Crippen LogP contribution in [0.15, 0.2) is 39.7 Å². The minimum Gasteiger partial charge on any atom is -0.494 e. The Labute approximate surface area is 106 Å². The number of hydrogen-bond donors (Lipinski definition) is 1. The van der Waals surface area contributed by atoms with Crippen molar-refractivity contribution in [2.24, 2.45) is 0 Å². The van der Waals surface area contributed by atoms with Crippen molar-refractivity contribution in [3.63, 3.8) is 0 Å². The van der Waals surface area contributed by atoms with Gasteiger partial charge >= 0.3 is 5.97 Å². The van der Waals surface area contributed by atoms with E-state index in [-0.39, 0.29) is 0 Å². The third kappa shape index (κ3) is 2.78. The number of carbonyl (C=O) groups is 1. The first kappa shape index (κ1) is 11.9. The van der Waals surface area contributed by atoms with Gasteiger partial charge in [0.1, 0.15) is 9.90 Å². The minimum absolute atomic E-state index is 0.322. The van der Waals surface area contributed by atoms with Gasteiger partial charge < -0.3 is 9.84 Å². The van der Waals surface area contributed by atoms with E-state index in [1.165, 1.54) is 23.1 Å². The van der Waals surface area contributed by atoms with Crippen molar-refractivity contribution in [3.8, 4) is 5.75 Å². The highest BCUT2D eigenvalue weighted by molar-refractivity contribution is 7.99. The molecular weight excluding hydrogens is 258 g/mol. The normalized spacial score (nSPS) is 10.2. The van der Waals surface area contributed by atoms with Gasteiger partial charge in [-0.25, -0.2) is 9.78 Å². The number of aromatic carboxylic acids is 1. The zero-order valence-corrected chi connectivity index (χ0v) is 10.5. The fourth-order valence-corrected chi connectivity index (χ4v) is 2.99. The summed E-state index contributed by atoms with van der Waals surface area (Å²) in [6.07, 6.45) is 1.68. The lowest BCUT2D eigenvalue weighted by Crippen LogP contribution is -1.90. The molecule has 0 aliphatic heterocycles. The molecule has 2 heterocycles. The molecule has 88 valence electrons. The van der Waals surface area contributed by atoms with Crippen molar-refractivity contribution < 1.29 is 14.6 Å². The van der Waals surface area contributed by atoms with Crippen molar-refractivity contribution in [1.82, 2.24) is 4.98 Å². The molecule has 0 fully saturated rings. The summed E-state index contributed by atoms with van der Waals surface area (Å²) in [6.45, 7) is 0. The van der Waals surface area contributed by atoms with Crippen LogP contribution in [0.25, 0.3) is 0 Å². The van der Waals surface area contributed by atoms with Crippen LogP contribution in [0, 0.1) is 0 Å². The van der Waals surface area contributed by atoms with Crippen LogP contribution in [0.3, 0.4) is 0 Å². The largest absolute Gasteiger partial charge is 0.494 e. The molecular formula is C11H9NO3S2. The molecule has 1 N–H and O–H groups in total. The smallest absolute Gasteiger partial charge is 0.345 e. The molecule has 17 heavy (non-hydrogen) atoms. The Kier molecular flexibility index (Phi) is 3.65. The summed E-state index contributed by atoms with van der Waals surface area (Å²) in [4.78, 5) is 16.1. The standard InChI is InChI=1S/C11H9NO3S2/c1-15-8-3-2-4-12-10(8)17-7-5-9(11(13)14)16-6-7/h2-6H,1H3,(H,13,14). The van der Waals surface area contributed by atoms with E-state index in [9.17, 15) is 4.79 Å². The van der Waals surface area contributed by atoms with E-state index < -0.39 is 5.97 Å². The molecule has 0 amide bonds. The molecule has 0 aliphatic carbocycles. The van der Waals surface area contributed by atoms with Gasteiger partial charge in [-0.15, -0.1) is 11.3 Å². The maximum Gasteiger partial charge on any atom is 0.345 e. The molecule has 0 unspecified atom stereocenters. The summed E-state index contributed by atoms with van der Waals surface area (Å²) in [5.74, 6) is -0.226. The topological polar surface area (TPSA) is 59.4 Å². The van der Waals surface area contributed by atoms with E-state index >= 15 is 0 Å². The lowest BCUT2D eigenvalue weighted by Gasteiger charge is -2.04. The molecule has 0 spiro atoms. The number of pyridine rings is 1. The molecule has 0 saturated carbocycles. The molecule has 2 aromatic rings. The minimum atomic E-state index is -0.908. The van der Waals surface area contributed by atoms with Crippen LogP contribution < -0.4 is 4.74 Å². The van der Waals surface area contributed by atoms with Crippen LogP contribution in [0.5, 0.6) is 5.75 Å². The second kappa shape index (κ2) is 5.20. The van der Waals surface area contributed by atoms with E-state index in [1.54, 1.807) is 30.8 Å². The van der Waals surface area contributed by atoms with Gasteiger partial charge in [0.2, 0.25) is 0 Å². The SMILES string of the molecule is COc1cccnc1Sc1csc(C(=O)O)c1. The van der Waals surface area contributed by atoms with Crippen LogP contribution >= 0.6 is 23.1 Å². The summed E-state index contributed by atoms with van der Waals surface area (Å²) >= 11 is 2.59. The molecule has 0 atom stereocenters. The summed E-state index contributed by atoms with van der Waals surface area (Å²) < 4.78 is 5.18. The Bertz CT molecular complexity index is 539. The number of rotatable bonds is 4. The Morgan fingerprint density at radius 3 is 3.06 bits per heavy atom. The Balaban J connectivity index is 2.22. The van der Waals surface area contributed by atoms with Crippen LogP contribution in [-0.2, 0) is 0 Å². The van der Waals surface area contributed by atoms with Crippen molar-refractivity contribution in [2.45, 2.75) is 9.92 Å². The van der Waals surface area contributed by atoms with Crippen molar-refractivity contribution in [1.29, 1.82) is 0 Å². The molecule has 0 radical (unpaired) electrons. The number of carboxylic acid groups (broad SMARTS) is 1. The number of methoxy groups -OCH3 is 1. The highest BCUT2D eigenvalue weighted by Gasteiger charge is 2.10. The highest BCUT2D eigenvalue weighted by atomic mass is 32.2. The third-order valence-electron chi connectivity index (χ3n) is 1.96. The summed E-state index contributed by atoms with van der Waals surface area (Å²) in [5, 5.41) is 11.3. The fourth-order valence-electron chi connectivity index (χ4n) is 1.20. The van der Waals surface area contributed by atoms with E-state index in [0.717, 1.165) is 9.92 Å². The number of carboxylic acids is 1. The van der Waals surface area contributed by atoms with Crippen LogP contribution in [-0.4, -0.2) is 23.2 Å². The van der Waals surface area contributed by atoms with Gasteiger partial charge in [0, 0.05) is 16.5 Å². The molecule has 0 bridgehead atoms. The first-order valence-corrected chi connectivity index (χ1v) is 6.39. The Morgan fingerprint density at radius 1 is 1.59 bits per heavy atom. The molecule has 0 saturated heterocycles. The highest BCUT2D eigenvalue weighted by Crippen LogP contribution is 2.35. The van der Waals surface area contributed by atoms with Gasteiger partial charge in [-0.05, 0) is 18.2 Å². The molecule has 2 rings (SSSR count). The second-order valence-corrected chi connectivity index (χ2v) is 5.04. The molecule has 0 aromatic carbocycles. The second-order valence-electron chi connectivity index (χ2n) is 3.06. The zero-order chi connectivity index (χ0) is 12.3. The zero-order valence-electron chi connectivity index (χ0n) is 8.91. The number of hydrogen-bond acceptors (Lipinski definition) is 5. The average molecular weight is 267 g/mol. The Morgan fingerprint density at radius 2 is 2.41 bits per heavy atom. The van der Waals surface area contributed by atoms with Crippen LogP contribution in [0.2, 0.25) is 0 Å². The predicted molar refractivity (Wildman–Crippen MR) is 66.2 cm³/mol. The first-order chi connectivity index (χ1) is 8.20. The van der Waals surface area contributed by atoms with E-state index in [1.807, 2.05) is 6.07 Å². The number of thiophene rings is 1. The summed E-state index contributed by atoms with van der Waals surface area (Å²) in [6, 6.07) is 5.24. The molecule has 4 nitrogen and oxygen atoms in total. The maximum atomic E-state index is 10.8. The van der Waals surface area contributed by atoms with Gasteiger partial charge in [-0.2, -0.15) is 0 Å². The van der Waals surface area contributed by atoms with Crippen LogP contribution in [0.4, 0.5) is 0 Å². The predicted octanol–water partition coefficient (Wildman–Crippen LogP) is 3.00. The monoisotopic (exact) mass is 267 g/mol. The van der Waals surface area contributed by atoms with Crippen molar-refractivity contribution in [3.05, 3.63) is 34.7 Å². The fraction of sp³-hybridized carbons (Fsp3) is 0.0909. The number of aromatic nitrogens is 1. The van der Waals surface area contributed by atoms with Crippen molar-refractivity contribution >= 4 is 29.1 Å². The van der Waals surface area contributed by atoms with Gasteiger partial charge in [0.05, 0.1) is 7.11 Å². The van der Waals surface area contributed by atoms with Gasteiger partial charge in [0.25, 0.3) is 0 Å². The molecule has 2 aromatic heterocycles. The number of nitrogens with zero attached hydrogens (tertiary/aromatic N) is 1.